The van der Waals surface area contributed by atoms with Gasteiger partial charge in [0.15, 0.2) is 5.82 Å². The minimum Gasteiger partial charge on any atom is -0.383 e. The van der Waals surface area contributed by atoms with E-state index in [1.54, 1.807) is 0 Å². The van der Waals surface area contributed by atoms with Crippen LogP contribution in [0.4, 0.5) is 17.3 Å². The third-order valence-corrected chi connectivity index (χ3v) is 3.30. The maximum Gasteiger partial charge on any atom is 0.152 e. The second kappa shape index (κ2) is 4.71. The fourth-order valence-electron chi connectivity index (χ4n) is 1.50. The van der Waals surface area contributed by atoms with E-state index in [2.05, 4.69) is 45.0 Å². The molecule has 0 unspecified atom stereocenters. The van der Waals surface area contributed by atoms with Crippen LogP contribution in [0.15, 0.2) is 35.1 Å². The van der Waals surface area contributed by atoms with Gasteiger partial charge in [-0.25, -0.2) is 9.97 Å². The molecule has 5 heteroatoms. The summed E-state index contributed by atoms with van der Waals surface area (Å²) in [6, 6.07) is 8.20. The minimum absolute atomic E-state index is 0.439. The monoisotopic (exact) mass is 292 g/mol. The first-order valence-corrected chi connectivity index (χ1v) is 5.95. The van der Waals surface area contributed by atoms with Gasteiger partial charge in [0.2, 0.25) is 0 Å². The Balaban J connectivity index is 2.40. The number of anilines is 3. The zero-order valence-corrected chi connectivity index (χ0v) is 11.3. The van der Waals surface area contributed by atoms with Gasteiger partial charge in [0.25, 0.3) is 0 Å². The fraction of sp³-hybridized carbons (Fsp3) is 0.167. The largest absolute Gasteiger partial charge is 0.383 e. The second-order valence-corrected chi connectivity index (χ2v) is 4.58. The molecule has 0 aliphatic rings. The molecule has 4 nitrogen and oxygen atoms in total. The number of nitrogens with zero attached hydrogens (tertiary/aromatic N) is 3. The molecule has 0 bridgehead atoms. The quantitative estimate of drug-likeness (QED) is 0.925. The van der Waals surface area contributed by atoms with Crippen molar-refractivity contribution < 1.29 is 0 Å². The lowest BCUT2D eigenvalue weighted by atomic mass is 10.2. The summed E-state index contributed by atoms with van der Waals surface area (Å²) < 4.78 is 0.711. The first kappa shape index (κ1) is 11.9. The molecule has 1 heterocycles. The Bertz CT molecular complexity index is 525. The van der Waals surface area contributed by atoms with Crippen molar-refractivity contribution in [2.45, 2.75) is 6.92 Å². The van der Waals surface area contributed by atoms with Crippen LogP contribution in [0.2, 0.25) is 0 Å². The van der Waals surface area contributed by atoms with Crippen molar-refractivity contribution in [1.29, 1.82) is 0 Å². The van der Waals surface area contributed by atoms with Crippen LogP contribution in [-0.2, 0) is 0 Å². The summed E-state index contributed by atoms with van der Waals surface area (Å²) in [6.45, 7) is 2.06. The highest BCUT2D eigenvalue weighted by atomic mass is 79.9. The standard InChI is InChI=1S/C12H13BrN4/c1-8-3-5-9(6-4-8)17(2)12-10(13)11(14)15-7-16-12/h3-7H,1-2H3,(H2,14,15,16). The predicted molar refractivity (Wildman–Crippen MR) is 73.4 cm³/mol. The lowest BCUT2D eigenvalue weighted by molar-refractivity contribution is 1.07. The first-order chi connectivity index (χ1) is 8.09. The number of rotatable bonds is 2. The third kappa shape index (κ3) is 2.39. The Morgan fingerprint density at radius 2 is 1.82 bits per heavy atom. The van der Waals surface area contributed by atoms with Gasteiger partial charge < -0.3 is 10.6 Å². The molecule has 0 radical (unpaired) electrons. The van der Waals surface area contributed by atoms with Gasteiger partial charge in [-0.2, -0.15) is 0 Å². The van der Waals surface area contributed by atoms with E-state index in [0.717, 1.165) is 11.5 Å². The Labute approximate surface area is 109 Å². The number of aryl methyl sites for hydroxylation is 1. The van der Waals surface area contributed by atoms with E-state index in [4.69, 9.17) is 5.73 Å². The Kier molecular flexibility index (Phi) is 3.28. The van der Waals surface area contributed by atoms with Gasteiger partial charge in [-0.1, -0.05) is 17.7 Å². The molecule has 2 N–H and O–H groups in total. The van der Waals surface area contributed by atoms with Crippen molar-refractivity contribution in [2.75, 3.05) is 17.7 Å². The van der Waals surface area contributed by atoms with Crippen molar-refractivity contribution in [3.63, 3.8) is 0 Å². The number of hydrogen-bond acceptors (Lipinski definition) is 4. The number of nitrogen functional groups attached to an aromatic ring is 1. The van der Waals surface area contributed by atoms with Crippen molar-refractivity contribution in [1.82, 2.24) is 9.97 Å². The summed E-state index contributed by atoms with van der Waals surface area (Å²) in [7, 11) is 1.94. The topological polar surface area (TPSA) is 55.0 Å². The first-order valence-electron chi connectivity index (χ1n) is 5.16. The molecular formula is C12H13BrN4. The molecule has 2 aromatic rings. The van der Waals surface area contributed by atoms with Gasteiger partial charge in [0, 0.05) is 12.7 Å². The highest BCUT2D eigenvalue weighted by molar-refractivity contribution is 9.10. The van der Waals surface area contributed by atoms with Gasteiger partial charge in [-0.15, -0.1) is 0 Å². The van der Waals surface area contributed by atoms with Crippen molar-refractivity contribution in [3.8, 4) is 0 Å². The van der Waals surface area contributed by atoms with Gasteiger partial charge in [0.05, 0.1) is 0 Å². The number of halogens is 1. The zero-order chi connectivity index (χ0) is 12.4. The number of aromatic nitrogens is 2. The molecule has 17 heavy (non-hydrogen) atoms. The van der Waals surface area contributed by atoms with Crippen molar-refractivity contribution in [3.05, 3.63) is 40.6 Å². The van der Waals surface area contributed by atoms with Crippen LogP contribution in [0.1, 0.15) is 5.56 Å². The maximum absolute atomic E-state index is 5.74. The van der Waals surface area contributed by atoms with E-state index < -0.39 is 0 Å². The average Bonchev–Trinajstić information content (AvgIpc) is 2.33. The summed E-state index contributed by atoms with van der Waals surface area (Å²) >= 11 is 3.40. The summed E-state index contributed by atoms with van der Waals surface area (Å²) in [6.07, 6.45) is 1.46. The summed E-state index contributed by atoms with van der Waals surface area (Å²) in [5.41, 5.74) is 8.01. The van der Waals surface area contributed by atoms with E-state index in [1.807, 2.05) is 24.1 Å². The molecule has 0 amide bonds. The van der Waals surface area contributed by atoms with Crippen LogP contribution in [0.5, 0.6) is 0 Å². The average molecular weight is 293 g/mol. The highest BCUT2D eigenvalue weighted by Crippen LogP contribution is 2.31. The molecule has 88 valence electrons. The van der Waals surface area contributed by atoms with E-state index >= 15 is 0 Å². The van der Waals surface area contributed by atoms with Crippen LogP contribution in [0.25, 0.3) is 0 Å². The molecule has 0 saturated carbocycles. The lowest BCUT2D eigenvalue weighted by Gasteiger charge is -2.19. The minimum atomic E-state index is 0.439. The molecule has 0 fully saturated rings. The third-order valence-electron chi connectivity index (χ3n) is 2.54. The lowest BCUT2D eigenvalue weighted by Crippen LogP contribution is -2.13. The molecule has 1 aromatic carbocycles. The van der Waals surface area contributed by atoms with Gasteiger partial charge in [0.1, 0.15) is 16.6 Å². The molecular weight excluding hydrogens is 280 g/mol. The summed E-state index contributed by atoms with van der Waals surface area (Å²) in [5.74, 6) is 1.19. The highest BCUT2D eigenvalue weighted by Gasteiger charge is 2.11. The normalized spacial score (nSPS) is 10.3. The zero-order valence-electron chi connectivity index (χ0n) is 9.68. The van der Waals surface area contributed by atoms with E-state index in [9.17, 15) is 0 Å². The molecule has 0 aliphatic carbocycles. The molecule has 0 atom stereocenters. The fourth-order valence-corrected chi connectivity index (χ4v) is 1.97. The van der Waals surface area contributed by atoms with Gasteiger partial charge in [-0.05, 0) is 35.0 Å². The summed E-state index contributed by atoms with van der Waals surface area (Å²) in [5, 5.41) is 0. The molecule has 0 saturated heterocycles. The molecule has 2 rings (SSSR count). The molecule has 1 aromatic heterocycles. The number of hydrogen-bond donors (Lipinski definition) is 1. The number of nitrogens with two attached hydrogens (primary N) is 1. The Morgan fingerprint density at radius 3 is 2.47 bits per heavy atom. The number of benzene rings is 1. The second-order valence-electron chi connectivity index (χ2n) is 3.79. The van der Waals surface area contributed by atoms with Crippen LogP contribution in [0.3, 0.4) is 0 Å². The predicted octanol–water partition coefficient (Wildman–Crippen LogP) is 2.90. The van der Waals surface area contributed by atoms with E-state index in [0.29, 0.717) is 10.3 Å². The Hall–Kier alpha value is -1.62. The van der Waals surface area contributed by atoms with Gasteiger partial charge >= 0.3 is 0 Å². The van der Waals surface area contributed by atoms with Crippen LogP contribution < -0.4 is 10.6 Å². The van der Waals surface area contributed by atoms with Crippen LogP contribution >= 0.6 is 15.9 Å². The molecule has 0 aliphatic heterocycles. The van der Waals surface area contributed by atoms with Gasteiger partial charge in [-0.3, -0.25) is 0 Å². The maximum atomic E-state index is 5.74. The van der Waals surface area contributed by atoms with E-state index in [-0.39, 0.29) is 0 Å². The molecule has 0 spiro atoms. The van der Waals surface area contributed by atoms with Crippen LogP contribution in [-0.4, -0.2) is 17.0 Å². The van der Waals surface area contributed by atoms with Crippen molar-refractivity contribution in [2.24, 2.45) is 0 Å². The SMILES string of the molecule is Cc1ccc(N(C)c2ncnc(N)c2Br)cc1. The van der Waals surface area contributed by atoms with Crippen molar-refractivity contribution >= 4 is 33.3 Å². The Morgan fingerprint density at radius 1 is 1.18 bits per heavy atom. The van der Waals surface area contributed by atoms with Crippen LogP contribution in [0, 0.1) is 6.92 Å². The summed E-state index contributed by atoms with van der Waals surface area (Å²) in [4.78, 5) is 10.1. The van der Waals surface area contributed by atoms with E-state index in [1.165, 1.54) is 11.9 Å². The smallest absolute Gasteiger partial charge is 0.152 e.